The van der Waals surface area contributed by atoms with Crippen LogP contribution in [0.2, 0.25) is 0 Å². The molecule has 2 atom stereocenters. The van der Waals surface area contributed by atoms with Crippen LogP contribution in [0.15, 0.2) is 18.2 Å². The number of carbonyl (C=O) groups is 1. The molecule has 1 heterocycles. The summed E-state index contributed by atoms with van der Waals surface area (Å²) in [5, 5.41) is 9.83. The average Bonchev–Trinajstić information content (AvgIpc) is 2.37. The van der Waals surface area contributed by atoms with Crippen LogP contribution in [0.3, 0.4) is 0 Å². The molecular formula is C14H20N2O3. The minimum Gasteiger partial charge on any atom is -0.507 e. The summed E-state index contributed by atoms with van der Waals surface area (Å²) in [4.78, 5) is 14.1. The van der Waals surface area contributed by atoms with Gasteiger partial charge in [-0.25, -0.2) is 0 Å². The Kier molecular flexibility index (Phi) is 3.95. The van der Waals surface area contributed by atoms with Gasteiger partial charge in [0.2, 0.25) is 0 Å². The van der Waals surface area contributed by atoms with E-state index in [-0.39, 0.29) is 23.3 Å². The first-order valence-electron chi connectivity index (χ1n) is 6.43. The lowest BCUT2D eigenvalue weighted by atomic mass is 9.96. The van der Waals surface area contributed by atoms with E-state index in [1.807, 2.05) is 0 Å². The number of phenolic OH excluding ortho intramolecular Hbond substituents is 1. The molecule has 1 amide bonds. The van der Waals surface area contributed by atoms with E-state index in [1.54, 1.807) is 17.0 Å². The monoisotopic (exact) mass is 264 g/mol. The molecule has 1 aromatic rings. The van der Waals surface area contributed by atoms with Gasteiger partial charge < -0.3 is 20.5 Å². The summed E-state index contributed by atoms with van der Waals surface area (Å²) < 4.78 is 5.08. The van der Waals surface area contributed by atoms with Gasteiger partial charge in [0.1, 0.15) is 11.5 Å². The molecule has 0 aromatic heterocycles. The molecule has 104 valence electrons. The maximum absolute atomic E-state index is 12.4. The first kappa shape index (κ1) is 13.7. The van der Waals surface area contributed by atoms with Gasteiger partial charge in [0.25, 0.3) is 5.91 Å². The van der Waals surface area contributed by atoms with Crippen molar-refractivity contribution in [1.29, 1.82) is 0 Å². The van der Waals surface area contributed by atoms with Crippen molar-refractivity contribution in [2.24, 2.45) is 11.7 Å². The summed E-state index contributed by atoms with van der Waals surface area (Å²) in [5.41, 5.74) is 6.21. The summed E-state index contributed by atoms with van der Waals surface area (Å²) >= 11 is 0. The number of piperidine rings is 1. The molecule has 0 saturated carbocycles. The number of benzene rings is 1. The first-order chi connectivity index (χ1) is 9.01. The Bertz CT molecular complexity index is 466. The van der Waals surface area contributed by atoms with Crippen molar-refractivity contribution in [2.45, 2.75) is 19.4 Å². The Morgan fingerprint density at radius 1 is 1.47 bits per heavy atom. The molecule has 2 rings (SSSR count). The zero-order valence-corrected chi connectivity index (χ0v) is 11.3. The highest BCUT2D eigenvalue weighted by molar-refractivity contribution is 5.97. The molecule has 2 unspecified atom stereocenters. The minimum absolute atomic E-state index is 0.000417. The Balaban J connectivity index is 2.23. The second-order valence-corrected chi connectivity index (χ2v) is 5.19. The molecule has 1 aliphatic heterocycles. The van der Waals surface area contributed by atoms with Crippen LogP contribution in [-0.4, -0.2) is 42.2 Å². The van der Waals surface area contributed by atoms with Crippen molar-refractivity contribution < 1.29 is 14.6 Å². The largest absolute Gasteiger partial charge is 0.507 e. The van der Waals surface area contributed by atoms with Gasteiger partial charge >= 0.3 is 0 Å². The van der Waals surface area contributed by atoms with E-state index in [2.05, 4.69) is 6.92 Å². The summed E-state index contributed by atoms with van der Waals surface area (Å²) in [7, 11) is 1.53. The molecule has 0 bridgehead atoms. The van der Waals surface area contributed by atoms with E-state index < -0.39 is 0 Å². The van der Waals surface area contributed by atoms with Gasteiger partial charge in [0, 0.05) is 19.1 Å². The lowest BCUT2D eigenvalue weighted by Crippen LogP contribution is -2.48. The normalized spacial score (nSPS) is 23.2. The van der Waals surface area contributed by atoms with Crippen LogP contribution < -0.4 is 10.5 Å². The van der Waals surface area contributed by atoms with E-state index in [1.165, 1.54) is 13.2 Å². The summed E-state index contributed by atoms with van der Waals surface area (Å²) in [6, 6.07) is 4.65. The van der Waals surface area contributed by atoms with Crippen LogP contribution >= 0.6 is 0 Å². The molecule has 3 N–H and O–H groups in total. The third-order valence-electron chi connectivity index (χ3n) is 3.41. The molecule has 0 spiro atoms. The number of nitrogens with two attached hydrogens (primary N) is 1. The predicted molar refractivity (Wildman–Crippen MR) is 72.3 cm³/mol. The highest BCUT2D eigenvalue weighted by Gasteiger charge is 2.27. The van der Waals surface area contributed by atoms with Gasteiger partial charge in [-0.1, -0.05) is 6.92 Å². The quantitative estimate of drug-likeness (QED) is 0.842. The number of methoxy groups -OCH3 is 1. The third-order valence-corrected chi connectivity index (χ3v) is 3.41. The summed E-state index contributed by atoms with van der Waals surface area (Å²) in [5.74, 6) is 0.701. The maximum atomic E-state index is 12.4. The minimum atomic E-state index is -0.196. The van der Waals surface area contributed by atoms with Crippen LogP contribution in [0, 0.1) is 5.92 Å². The average molecular weight is 264 g/mol. The van der Waals surface area contributed by atoms with Crippen molar-refractivity contribution in [3.8, 4) is 11.5 Å². The second-order valence-electron chi connectivity index (χ2n) is 5.19. The van der Waals surface area contributed by atoms with E-state index in [4.69, 9.17) is 10.5 Å². The topological polar surface area (TPSA) is 75.8 Å². The van der Waals surface area contributed by atoms with Crippen molar-refractivity contribution in [1.82, 2.24) is 4.90 Å². The molecule has 0 radical (unpaired) electrons. The molecule has 5 nitrogen and oxygen atoms in total. The van der Waals surface area contributed by atoms with E-state index in [0.717, 1.165) is 6.42 Å². The Hall–Kier alpha value is -1.75. The fraction of sp³-hybridized carbons (Fsp3) is 0.500. The number of hydrogen-bond acceptors (Lipinski definition) is 4. The van der Waals surface area contributed by atoms with Gasteiger partial charge in [0.15, 0.2) is 0 Å². The summed E-state index contributed by atoms with van der Waals surface area (Å²) in [6.07, 6.45) is 0.924. The Labute approximate surface area is 113 Å². The number of nitrogens with zero attached hydrogens (tertiary/aromatic N) is 1. The fourth-order valence-electron chi connectivity index (χ4n) is 2.55. The number of ether oxygens (including phenoxy) is 1. The van der Waals surface area contributed by atoms with Crippen LogP contribution in [0.4, 0.5) is 0 Å². The number of aromatic hydroxyl groups is 1. The SMILES string of the molecule is COc1ccc(O)c(C(=O)N2CC(C)CC(N)C2)c1. The van der Waals surface area contributed by atoms with Crippen molar-refractivity contribution in [3.63, 3.8) is 0 Å². The summed E-state index contributed by atoms with van der Waals surface area (Å²) in [6.45, 7) is 3.27. The molecule has 0 aliphatic carbocycles. The van der Waals surface area contributed by atoms with Gasteiger partial charge in [-0.3, -0.25) is 4.79 Å². The molecule has 19 heavy (non-hydrogen) atoms. The third kappa shape index (κ3) is 2.98. The number of carbonyl (C=O) groups excluding carboxylic acids is 1. The van der Waals surface area contributed by atoms with Crippen molar-refractivity contribution in [2.75, 3.05) is 20.2 Å². The van der Waals surface area contributed by atoms with Crippen LogP contribution in [0.1, 0.15) is 23.7 Å². The van der Waals surface area contributed by atoms with Gasteiger partial charge in [0.05, 0.1) is 12.7 Å². The number of rotatable bonds is 2. The van der Waals surface area contributed by atoms with Crippen LogP contribution in [0.5, 0.6) is 11.5 Å². The molecule has 1 aliphatic rings. The Morgan fingerprint density at radius 2 is 2.21 bits per heavy atom. The molecule has 1 aromatic carbocycles. The van der Waals surface area contributed by atoms with E-state index in [0.29, 0.717) is 24.8 Å². The number of hydrogen-bond donors (Lipinski definition) is 2. The Morgan fingerprint density at radius 3 is 2.84 bits per heavy atom. The first-order valence-corrected chi connectivity index (χ1v) is 6.43. The van der Waals surface area contributed by atoms with Crippen LogP contribution in [-0.2, 0) is 0 Å². The standard InChI is InChI=1S/C14H20N2O3/c1-9-5-10(15)8-16(7-9)14(18)12-6-11(19-2)3-4-13(12)17/h3-4,6,9-10,17H,5,7-8,15H2,1-2H3. The zero-order chi connectivity index (χ0) is 14.0. The maximum Gasteiger partial charge on any atom is 0.257 e. The predicted octanol–water partition coefficient (Wildman–Crippen LogP) is 1.21. The molecule has 1 saturated heterocycles. The fourth-order valence-corrected chi connectivity index (χ4v) is 2.55. The highest BCUT2D eigenvalue weighted by atomic mass is 16.5. The molecular weight excluding hydrogens is 244 g/mol. The second kappa shape index (κ2) is 5.48. The molecule has 1 fully saturated rings. The lowest BCUT2D eigenvalue weighted by Gasteiger charge is -2.35. The lowest BCUT2D eigenvalue weighted by molar-refractivity contribution is 0.0657. The van der Waals surface area contributed by atoms with Gasteiger partial charge in [-0.05, 0) is 30.5 Å². The zero-order valence-electron chi connectivity index (χ0n) is 11.3. The van der Waals surface area contributed by atoms with Crippen LogP contribution in [0.25, 0.3) is 0 Å². The van der Waals surface area contributed by atoms with Gasteiger partial charge in [-0.2, -0.15) is 0 Å². The van der Waals surface area contributed by atoms with Crippen molar-refractivity contribution >= 4 is 5.91 Å². The smallest absolute Gasteiger partial charge is 0.257 e. The highest BCUT2D eigenvalue weighted by Crippen LogP contribution is 2.26. The van der Waals surface area contributed by atoms with Gasteiger partial charge in [-0.15, -0.1) is 0 Å². The van der Waals surface area contributed by atoms with Crippen molar-refractivity contribution in [3.05, 3.63) is 23.8 Å². The van der Waals surface area contributed by atoms with E-state index >= 15 is 0 Å². The molecule has 5 heteroatoms. The number of likely N-dealkylation sites (tertiary alicyclic amines) is 1. The number of phenols is 1. The number of amides is 1. The van der Waals surface area contributed by atoms with E-state index in [9.17, 15) is 9.90 Å².